The molecule has 0 amide bonds. The maximum absolute atomic E-state index is 7.72. The van der Waals surface area contributed by atoms with Crippen LogP contribution in [0.4, 0.5) is 17.3 Å². The Morgan fingerprint density at radius 1 is 0.264 bits per heavy atom. The lowest BCUT2D eigenvalue weighted by molar-refractivity contribution is 0.369. The minimum Gasteiger partial charge on any atom is -0.456 e. The predicted molar refractivity (Wildman–Crippen MR) is 520 cm³/mol. The van der Waals surface area contributed by atoms with E-state index >= 15 is 0 Å². The number of para-hydroxylation sites is 2. The van der Waals surface area contributed by atoms with Crippen molar-refractivity contribution in [1.29, 1.82) is 0 Å². The quantitative estimate of drug-likeness (QED) is 0.0382. The number of unbranched alkanes of at least 4 members (excludes halogenated alkanes) is 16. The topological polar surface area (TPSA) is 68.2 Å². The summed E-state index contributed by atoms with van der Waals surface area (Å²) in [5.41, 5.74) is 31.3. The van der Waals surface area contributed by atoms with Gasteiger partial charge in [-0.15, -0.1) is 0 Å². The van der Waals surface area contributed by atoms with Crippen LogP contribution in [-0.2, 0) is 21.7 Å². The monoisotopic (exact) mass is 1630 g/mol. The van der Waals surface area contributed by atoms with Crippen LogP contribution in [0.2, 0.25) is 0 Å². The molecule has 0 spiro atoms. The molecule has 0 bridgehead atoms. The first-order valence-corrected chi connectivity index (χ1v) is 47.3. The van der Waals surface area contributed by atoms with Gasteiger partial charge in [0.1, 0.15) is 22.3 Å². The Bertz CT molecular complexity index is 6640. The van der Waals surface area contributed by atoms with E-state index in [-0.39, 0.29) is 5.41 Å². The molecule has 3 heterocycles. The predicted octanol–water partition coefficient (Wildman–Crippen LogP) is 33.2. The summed E-state index contributed by atoms with van der Waals surface area (Å²) in [6, 6.07) is 119. The Morgan fingerprint density at radius 2 is 0.656 bits per heavy atom. The highest BCUT2D eigenvalue weighted by Gasteiger charge is 2.56. The summed E-state index contributed by atoms with van der Waals surface area (Å²) in [5, 5.41) is 4.71. The van der Waals surface area contributed by atoms with Gasteiger partial charge in [0.15, 0.2) is 11.6 Å². The van der Waals surface area contributed by atoms with E-state index in [0.717, 1.165) is 94.1 Å². The number of fused-ring (bicyclic) bond motifs is 22. The van der Waals surface area contributed by atoms with Crippen LogP contribution in [0.1, 0.15) is 249 Å². The average Bonchev–Trinajstić information content (AvgIpc) is 1.50. The van der Waals surface area contributed by atoms with E-state index in [4.69, 9.17) is 23.8 Å². The van der Waals surface area contributed by atoms with E-state index in [0.29, 0.717) is 17.6 Å². The number of rotatable bonds is 33. The highest BCUT2D eigenvalue weighted by Crippen LogP contribution is 2.70. The van der Waals surface area contributed by atoms with Crippen molar-refractivity contribution in [3.05, 3.63) is 382 Å². The number of hydrogen-bond donors (Lipinski definition) is 0. The van der Waals surface area contributed by atoms with Crippen LogP contribution in [0.5, 0.6) is 0 Å². The molecule has 0 radical (unpaired) electrons. The third-order valence-electron chi connectivity index (χ3n) is 29.2. The summed E-state index contributed by atoms with van der Waals surface area (Å²) < 4.78 is 14.7. The molecule has 0 N–H and O–H groups in total. The molecular weight excluding hydrogens is 1520 g/mol. The summed E-state index contributed by atoms with van der Waals surface area (Å²) in [6.07, 6.45) is 28.5. The van der Waals surface area contributed by atoms with Gasteiger partial charge in [-0.1, -0.05) is 417 Å². The maximum atomic E-state index is 7.72. The van der Waals surface area contributed by atoms with Gasteiger partial charge in [0, 0.05) is 60.4 Å². The lowest BCUT2D eigenvalue weighted by Crippen LogP contribution is -2.33. The first kappa shape index (κ1) is 79.7. The molecule has 125 heavy (non-hydrogen) atoms. The third kappa shape index (κ3) is 13.1. The minimum absolute atomic E-state index is 0.249. The van der Waals surface area contributed by atoms with Gasteiger partial charge in [-0.25, -0.2) is 4.98 Å². The van der Waals surface area contributed by atoms with E-state index in [2.05, 4.69) is 348 Å². The SMILES string of the molecule is CCCCCCCC1(CCCCCCC)c2ccccc2-c2c1c1c(c3c2oc2ccccc23)-c2ccc(N(c3ccc4c(c3)C(c3ccccc3)(c3ccccc3)c3cc5c(cc3-4)C(c3ccccc3)(c3ccccc3)c3ccc4oc6ccccc6c4c3-5)c3nc(-c4ccccc4)nc(-c4ccccc4)n3)cc2C1(CCCCCCC)CCCCCCC. The average molecular weight is 1630 g/mol. The Labute approximate surface area is 738 Å². The van der Waals surface area contributed by atoms with Crippen LogP contribution in [0.3, 0.4) is 0 Å². The van der Waals surface area contributed by atoms with Crippen LogP contribution in [0, 0.1) is 0 Å². The first-order chi connectivity index (χ1) is 61.9. The minimum atomic E-state index is -0.885. The molecule has 0 atom stereocenters. The zero-order chi connectivity index (χ0) is 84.1. The fraction of sp³-hybridized carbons (Fsp3) is 0.269. The van der Waals surface area contributed by atoms with Crippen molar-refractivity contribution in [2.24, 2.45) is 0 Å². The van der Waals surface area contributed by atoms with Gasteiger partial charge in [0.05, 0.1) is 10.8 Å². The summed E-state index contributed by atoms with van der Waals surface area (Å²) in [5.74, 6) is 1.76. The van der Waals surface area contributed by atoms with Crippen molar-refractivity contribution >= 4 is 61.2 Å². The largest absolute Gasteiger partial charge is 0.456 e. The van der Waals surface area contributed by atoms with E-state index < -0.39 is 16.2 Å². The smallest absolute Gasteiger partial charge is 0.238 e. The molecule has 0 aliphatic heterocycles. The number of nitrogens with zero attached hydrogens (tertiary/aromatic N) is 4. The lowest BCUT2D eigenvalue weighted by Gasteiger charge is -2.40. The summed E-state index contributed by atoms with van der Waals surface area (Å²) >= 11 is 0. The molecule has 0 saturated carbocycles. The van der Waals surface area contributed by atoms with Gasteiger partial charge in [-0.05, 0) is 186 Å². The fourth-order valence-corrected chi connectivity index (χ4v) is 23.7. The number of benzene rings is 14. The third-order valence-corrected chi connectivity index (χ3v) is 29.2. The van der Waals surface area contributed by atoms with Crippen LogP contribution < -0.4 is 4.90 Å². The first-order valence-electron chi connectivity index (χ1n) is 47.3. The molecular formula is C119H112N4O2. The van der Waals surface area contributed by atoms with Gasteiger partial charge in [0.25, 0.3) is 0 Å². The normalized spacial score (nSPS) is 14.3. The molecule has 620 valence electrons. The zero-order valence-corrected chi connectivity index (χ0v) is 73.1. The second-order valence-electron chi connectivity index (χ2n) is 36.3. The van der Waals surface area contributed by atoms with Crippen LogP contribution in [-0.4, -0.2) is 15.0 Å². The fourth-order valence-electron chi connectivity index (χ4n) is 23.7. The van der Waals surface area contributed by atoms with Crippen molar-refractivity contribution in [2.75, 3.05) is 4.90 Å². The van der Waals surface area contributed by atoms with Gasteiger partial charge in [-0.3, -0.25) is 4.90 Å². The molecule has 6 nitrogen and oxygen atoms in total. The maximum Gasteiger partial charge on any atom is 0.238 e. The molecule has 4 aliphatic rings. The van der Waals surface area contributed by atoms with Crippen molar-refractivity contribution in [3.8, 4) is 67.3 Å². The van der Waals surface area contributed by atoms with E-state index in [1.165, 1.54) is 226 Å². The molecule has 0 fully saturated rings. The van der Waals surface area contributed by atoms with Crippen molar-refractivity contribution in [1.82, 2.24) is 15.0 Å². The lowest BCUT2D eigenvalue weighted by atomic mass is 9.62. The van der Waals surface area contributed by atoms with E-state index in [1.807, 2.05) is 0 Å². The molecule has 21 rings (SSSR count). The molecule has 14 aromatic carbocycles. The van der Waals surface area contributed by atoms with Gasteiger partial charge >= 0.3 is 0 Å². The Hall–Kier alpha value is -12.5. The molecule has 17 aromatic rings. The molecule has 0 unspecified atom stereocenters. The number of aromatic nitrogens is 3. The number of furan rings is 2. The molecule has 0 saturated heterocycles. The van der Waals surface area contributed by atoms with Crippen molar-refractivity contribution < 1.29 is 8.83 Å². The van der Waals surface area contributed by atoms with Gasteiger partial charge < -0.3 is 8.83 Å². The highest BCUT2D eigenvalue weighted by atomic mass is 16.3. The van der Waals surface area contributed by atoms with Crippen LogP contribution >= 0.6 is 0 Å². The van der Waals surface area contributed by atoms with Crippen molar-refractivity contribution in [3.63, 3.8) is 0 Å². The highest BCUT2D eigenvalue weighted by molar-refractivity contribution is 6.21. The number of hydrogen-bond acceptors (Lipinski definition) is 6. The Morgan fingerprint density at radius 3 is 1.18 bits per heavy atom. The van der Waals surface area contributed by atoms with Gasteiger partial charge in [0.2, 0.25) is 5.95 Å². The Balaban J connectivity index is 0.867. The molecule has 4 aliphatic carbocycles. The van der Waals surface area contributed by atoms with Crippen LogP contribution in [0.15, 0.2) is 324 Å². The Kier molecular flexibility index (Phi) is 21.6. The van der Waals surface area contributed by atoms with Crippen LogP contribution in [0.25, 0.3) is 111 Å². The van der Waals surface area contributed by atoms with E-state index in [9.17, 15) is 0 Å². The second kappa shape index (κ2) is 33.9. The zero-order valence-electron chi connectivity index (χ0n) is 73.1. The van der Waals surface area contributed by atoms with Crippen molar-refractivity contribution in [2.45, 2.75) is 203 Å². The number of anilines is 3. The summed E-state index contributed by atoms with van der Waals surface area (Å²) in [6.45, 7) is 9.46. The second-order valence-corrected chi connectivity index (χ2v) is 36.3. The standard InChI is InChI=1S/C119H112N4O2/c1-5-9-13-17-45-73-116(74-46-18-14-10-6-2)96-64-42-39-61-90(96)109-111(116)110-107(108-93-63-41-44-66-103(93)125-112(108)109)91-70-68-87(77-98(91)117(110,75-47-19-15-11-7-3)76-48-20-16-12-8-4)123(115-121-113(81-49-27-21-28-50-81)120-114(122-115)82-51-29-22-30-52-82)88-67-69-89-94-79-101-95(80-100(94)119(99(89)78-88,85-57-35-25-36-58-85)86-59-37-26-38-60-86)105-97(71-72-104-106(105)92-62-40-43-65-102(92)124-104)118(101,83-53-31-23-32-54-83)84-55-33-24-34-56-84/h21-44,49-72,77-80H,5-20,45-48,73-76H2,1-4H3. The summed E-state index contributed by atoms with van der Waals surface area (Å²) in [7, 11) is 0. The van der Waals surface area contributed by atoms with Gasteiger partial charge in [-0.2, -0.15) is 9.97 Å². The van der Waals surface area contributed by atoms with E-state index in [1.54, 1.807) is 11.1 Å². The molecule has 3 aromatic heterocycles. The summed E-state index contributed by atoms with van der Waals surface area (Å²) in [4.78, 5) is 19.8. The molecule has 6 heteroatoms.